The minimum absolute atomic E-state index is 0.190. The van der Waals surface area contributed by atoms with Gasteiger partial charge in [-0.15, -0.1) is 0 Å². The van der Waals surface area contributed by atoms with E-state index in [0.717, 1.165) is 13.1 Å². The number of hydrogen-bond donors (Lipinski definition) is 0. The van der Waals surface area contributed by atoms with Crippen LogP contribution in [0.5, 0.6) is 0 Å². The molecule has 0 saturated heterocycles. The third kappa shape index (κ3) is 6.66. The fourth-order valence-corrected chi connectivity index (χ4v) is 2.41. The second-order valence-electron chi connectivity index (χ2n) is 6.70. The summed E-state index contributed by atoms with van der Waals surface area (Å²) in [6, 6.07) is 20.4. The summed E-state index contributed by atoms with van der Waals surface area (Å²) in [6.07, 6.45) is 0. The van der Waals surface area contributed by atoms with E-state index in [1.807, 2.05) is 57.2 Å². The van der Waals surface area contributed by atoms with Crippen molar-refractivity contribution in [3.63, 3.8) is 0 Å². The zero-order valence-electron chi connectivity index (χ0n) is 14.2. The molecule has 0 aromatic heterocycles. The Labute approximate surface area is 138 Å². The molecule has 0 aliphatic carbocycles. The molecule has 0 spiro atoms. The first-order valence-corrected chi connectivity index (χ1v) is 7.94. The summed E-state index contributed by atoms with van der Waals surface area (Å²) in [4.78, 5) is 14.3. The third-order valence-electron chi connectivity index (χ3n) is 3.27. The second-order valence-corrected chi connectivity index (χ2v) is 6.70. The Morgan fingerprint density at radius 2 is 1.30 bits per heavy atom. The zero-order chi connectivity index (χ0) is 16.7. The smallest absolute Gasteiger partial charge is 0.320 e. The van der Waals surface area contributed by atoms with Gasteiger partial charge in [0.25, 0.3) is 0 Å². The first-order chi connectivity index (χ1) is 10.9. The number of rotatable bonds is 6. The minimum Gasteiger partial charge on any atom is -0.459 e. The van der Waals surface area contributed by atoms with Crippen LogP contribution in [-0.2, 0) is 22.6 Å². The molecule has 0 aliphatic rings. The van der Waals surface area contributed by atoms with Crippen LogP contribution >= 0.6 is 0 Å². The number of carbonyl (C=O) groups excluding carboxylic acids is 1. The van der Waals surface area contributed by atoms with E-state index in [-0.39, 0.29) is 12.5 Å². The van der Waals surface area contributed by atoms with Crippen LogP contribution in [0.25, 0.3) is 0 Å². The summed E-state index contributed by atoms with van der Waals surface area (Å²) in [6.45, 7) is 7.39. The molecule has 0 atom stereocenters. The van der Waals surface area contributed by atoms with Gasteiger partial charge >= 0.3 is 5.97 Å². The van der Waals surface area contributed by atoms with Crippen molar-refractivity contribution < 1.29 is 9.53 Å². The fourth-order valence-electron chi connectivity index (χ4n) is 2.41. The van der Waals surface area contributed by atoms with Crippen molar-refractivity contribution in [1.82, 2.24) is 4.90 Å². The van der Waals surface area contributed by atoms with Gasteiger partial charge < -0.3 is 4.74 Å². The van der Waals surface area contributed by atoms with Crippen LogP contribution in [0.1, 0.15) is 31.9 Å². The van der Waals surface area contributed by atoms with E-state index in [9.17, 15) is 4.79 Å². The Kier molecular flexibility index (Phi) is 5.94. The number of benzene rings is 2. The lowest BCUT2D eigenvalue weighted by molar-refractivity contribution is -0.156. The molecule has 23 heavy (non-hydrogen) atoms. The third-order valence-corrected chi connectivity index (χ3v) is 3.27. The maximum Gasteiger partial charge on any atom is 0.320 e. The lowest BCUT2D eigenvalue weighted by Crippen LogP contribution is -2.34. The molecule has 2 aromatic rings. The van der Waals surface area contributed by atoms with Crippen molar-refractivity contribution in [2.24, 2.45) is 0 Å². The van der Waals surface area contributed by atoms with Crippen LogP contribution in [0.2, 0.25) is 0 Å². The van der Waals surface area contributed by atoms with E-state index in [0.29, 0.717) is 0 Å². The van der Waals surface area contributed by atoms with Gasteiger partial charge in [-0.05, 0) is 31.9 Å². The molecular formula is C20H25NO2. The van der Waals surface area contributed by atoms with E-state index >= 15 is 0 Å². The normalized spacial score (nSPS) is 11.5. The average molecular weight is 311 g/mol. The van der Waals surface area contributed by atoms with Crippen molar-refractivity contribution in [2.75, 3.05) is 6.54 Å². The summed E-state index contributed by atoms with van der Waals surface area (Å²) in [5.41, 5.74) is 1.92. The number of hydrogen-bond acceptors (Lipinski definition) is 3. The molecule has 122 valence electrons. The maximum absolute atomic E-state index is 12.2. The quantitative estimate of drug-likeness (QED) is 0.754. The van der Waals surface area contributed by atoms with Crippen molar-refractivity contribution >= 4 is 5.97 Å². The van der Waals surface area contributed by atoms with Gasteiger partial charge in [0.15, 0.2) is 0 Å². The van der Waals surface area contributed by atoms with Crippen LogP contribution < -0.4 is 0 Å². The molecule has 0 unspecified atom stereocenters. The Bertz CT molecular complexity index is 561. The Morgan fingerprint density at radius 3 is 1.70 bits per heavy atom. The fraction of sp³-hybridized carbons (Fsp3) is 0.350. The van der Waals surface area contributed by atoms with Gasteiger partial charge in [0.2, 0.25) is 0 Å². The number of nitrogens with zero attached hydrogens (tertiary/aromatic N) is 1. The first kappa shape index (κ1) is 17.2. The maximum atomic E-state index is 12.2. The monoisotopic (exact) mass is 311 g/mol. The molecule has 3 heteroatoms. The highest BCUT2D eigenvalue weighted by Crippen LogP contribution is 2.12. The minimum atomic E-state index is -0.456. The second kappa shape index (κ2) is 7.93. The molecule has 3 nitrogen and oxygen atoms in total. The summed E-state index contributed by atoms with van der Waals surface area (Å²) in [7, 11) is 0. The van der Waals surface area contributed by atoms with Gasteiger partial charge in [0.1, 0.15) is 5.60 Å². The molecule has 0 radical (unpaired) electrons. The number of ether oxygens (including phenoxy) is 1. The zero-order valence-corrected chi connectivity index (χ0v) is 14.2. The van der Waals surface area contributed by atoms with Crippen molar-refractivity contribution in [3.05, 3.63) is 71.8 Å². The van der Waals surface area contributed by atoms with Gasteiger partial charge in [0.05, 0.1) is 6.54 Å². The van der Waals surface area contributed by atoms with Crippen LogP contribution in [-0.4, -0.2) is 23.0 Å². The van der Waals surface area contributed by atoms with Gasteiger partial charge in [-0.3, -0.25) is 9.69 Å². The highest BCUT2D eigenvalue weighted by molar-refractivity contribution is 5.72. The molecule has 0 heterocycles. The van der Waals surface area contributed by atoms with Crippen molar-refractivity contribution in [3.8, 4) is 0 Å². The van der Waals surface area contributed by atoms with Crippen LogP contribution in [0.15, 0.2) is 60.7 Å². The van der Waals surface area contributed by atoms with Gasteiger partial charge in [-0.1, -0.05) is 60.7 Å². The van der Waals surface area contributed by atoms with Crippen LogP contribution in [0.4, 0.5) is 0 Å². The topological polar surface area (TPSA) is 29.5 Å². The van der Waals surface area contributed by atoms with Crippen LogP contribution in [0.3, 0.4) is 0 Å². The van der Waals surface area contributed by atoms with Gasteiger partial charge in [-0.25, -0.2) is 0 Å². The van der Waals surface area contributed by atoms with Crippen molar-refractivity contribution in [1.29, 1.82) is 0 Å². The van der Waals surface area contributed by atoms with Gasteiger partial charge in [0, 0.05) is 13.1 Å². The SMILES string of the molecule is CC(C)(C)OC(=O)CN(Cc1ccccc1)Cc1ccccc1. The number of esters is 1. The molecule has 0 aliphatic heterocycles. The largest absolute Gasteiger partial charge is 0.459 e. The van der Waals surface area contributed by atoms with Crippen molar-refractivity contribution in [2.45, 2.75) is 39.5 Å². The Balaban J connectivity index is 2.06. The molecule has 0 bridgehead atoms. The highest BCUT2D eigenvalue weighted by Gasteiger charge is 2.19. The van der Waals surface area contributed by atoms with Crippen LogP contribution in [0, 0.1) is 0 Å². The van der Waals surface area contributed by atoms with E-state index in [1.54, 1.807) is 0 Å². The lowest BCUT2D eigenvalue weighted by atomic mass is 10.1. The molecule has 0 amide bonds. The lowest BCUT2D eigenvalue weighted by Gasteiger charge is -2.25. The number of carbonyl (C=O) groups is 1. The molecule has 0 fully saturated rings. The van der Waals surface area contributed by atoms with E-state index < -0.39 is 5.60 Å². The molecule has 0 N–H and O–H groups in total. The molecule has 2 aromatic carbocycles. The predicted molar refractivity (Wildman–Crippen MR) is 92.8 cm³/mol. The summed E-state index contributed by atoms with van der Waals surface area (Å²) >= 11 is 0. The predicted octanol–water partition coefficient (Wildman–Crippen LogP) is 4.03. The Morgan fingerprint density at radius 1 is 0.870 bits per heavy atom. The Hall–Kier alpha value is -2.13. The average Bonchev–Trinajstić information content (AvgIpc) is 2.47. The summed E-state index contributed by atoms with van der Waals surface area (Å²) in [5, 5.41) is 0. The summed E-state index contributed by atoms with van der Waals surface area (Å²) in [5.74, 6) is -0.190. The summed E-state index contributed by atoms with van der Waals surface area (Å²) < 4.78 is 5.46. The standard InChI is InChI=1S/C20H25NO2/c1-20(2,3)23-19(22)16-21(14-17-10-6-4-7-11-17)15-18-12-8-5-9-13-18/h4-13H,14-16H2,1-3H3. The van der Waals surface area contributed by atoms with E-state index in [4.69, 9.17) is 4.74 Å². The van der Waals surface area contributed by atoms with Gasteiger partial charge in [-0.2, -0.15) is 0 Å². The molecular weight excluding hydrogens is 286 g/mol. The van der Waals surface area contributed by atoms with E-state index in [1.165, 1.54) is 11.1 Å². The highest BCUT2D eigenvalue weighted by atomic mass is 16.6. The van der Waals surface area contributed by atoms with E-state index in [2.05, 4.69) is 29.2 Å². The first-order valence-electron chi connectivity index (χ1n) is 7.94. The molecule has 0 saturated carbocycles. The molecule has 2 rings (SSSR count).